The molecular weight excluding hydrogens is 266 g/mol. The second-order valence-electron chi connectivity index (χ2n) is 3.99. The third kappa shape index (κ3) is 2.43. The van der Waals surface area contributed by atoms with Gasteiger partial charge in [-0.25, -0.2) is 14.3 Å². The number of nitrogens with zero attached hydrogens (tertiary/aromatic N) is 4. The van der Waals surface area contributed by atoms with Gasteiger partial charge in [-0.3, -0.25) is 4.79 Å². The number of aliphatic carboxylic acids is 1. The molecule has 2 aromatic heterocycles. The maximum atomic E-state index is 12.1. The molecule has 0 aliphatic carbocycles. The van der Waals surface area contributed by atoms with Crippen LogP contribution in [0.25, 0.3) is 5.78 Å². The monoisotopic (exact) mass is 279 g/mol. The summed E-state index contributed by atoms with van der Waals surface area (Å²) < 4.78 is 1.42. The molecule has 0 saturated heterocycles. The van der Waals surface area contributed by atoms with Crippen molar-refractivity contribution in [3.63, 3.8) is 0 Å². The summed E-state index contributed by atoms with van der Waals surface area (Å²) in [7, 11) is 0. The van der Waals surface area contributed by atoms with Gasteiger partial charge in [0.25, 0.3) is 11.7 Å². The van der Waals surface area contributed by atoms with E-state index in [9.17, 15) is 9.59 Å². The topological polar surface area (TPSA) is 130 Å². The highest BCUT2D eigenvalue weighted by Gasteiger charge is 2.22. The summed E-state index contributed by atoms with van der Waals surface area (Å²) in [6.07, 6.45) is 3.12. The number of hydrogen-bond donors (Lipinski definition) is 3. The number of aryl methyl sites for hydroxylation is 1. The average Bonchev–Trinajstić information content (AvgIpc) is 2.91. The number of amides is 1. The molecule has 2 aromatic rings. The molecule has 106 valence electrons. The fraction of sp³-hybridized carbons (Fsp3) is 0.364. The number of aliphatic hydroxyl groups excluding tert-OH is 1. The molecule has 1 atom stereocenters. The zero-order chi connectivity index (χ0) is 14.7. The minimum atomic E-state index is -1.36. The van der Waals surface area contributed by atoms with Crippen molar-refractivity contribution in [1.29, 1.82) is 0 Å². The van der Waals surface area contributed by atoms with Gasteiger partial charge in [0, 0.05) is 6.20 Å². The zero-order valence-electron chi connectivity index (χ0n) is 10.6. The van der Waals surface area contributed by atoms with Gasteiger partial charge in [0.15, 0.2) is 6.04 Å². The molecule has 2 rings (SSSR count). The smallest absolute Gasteiger partial charge is 0.328 e. The fourth-order valence-corrected chi connectivity index (χ4v) is 1.78. The maximum absolute atomic E-state index is 12.1. The molecule has 0 aliphatic heterocycles. The average molecular weight is 279 g/mol. The van der Waals surface area contributed by atoms with Gasteiger partial charge in [-0.2, -0.15) is 10.1 Å². The Morgan fingerprint density at radius 3 is 2.80 bits per heavy atom. The SMILES string of the molecule is CCc1c(C(=O)N[C@@H](CO)C(=O)O)cnc2ncnn12. The Bertz CT molecular complexity index is 653. The number of carboxylic acids is 1. The van der Waals surface area contributed by atoms with Gasteiger partial charge < -0.3 is 15.5 Å². The van der Waals surface area contributed by atoms with Crippen molar-refractivity contribution < 1.29 is 19.8 Å². The van der Waals surface area contributed by atoms with Crippen LogP contribution in [-0.2, 0) is 11.2 Å². The van der Waals surface area contributed by atoms with Gasteiger partial charge in [0.05, 0.1) is 17.9 Å². The Hall–Kier alpha value is -2.55. The zero-order valence-corrected chi connectivity index (χ0v) is 10.6. The van der Waals surface area contributed by atoms with Crippen molar-refractivity contribution in [2.45, 2.75) is 19.4 Å². The second kappa shape index (κ2) is 5.61. The van der Waals surface area contributed by atoms with Gasteiger partial charge in [-0.05, 0) is 6.42 Å². The normalized spacial score (nSPS) is 12.3. The minimum Gasteiger partial charge on any atom is -0.480 e. The molecule has 20 heavy (non-hydrogen) atoms. The third-order valence-corrected chi connectivity index (χ3v) is 2.77. The van der Waals surface area contributed by atoms with E-state index in [0.717, 1.165) is 0 Å². The molecule has 1 amide bonds. The molecule has 0 spiro atoms. The van der Waals surface area contributed by atoms with Gasteiger partial charge >= 0.3 is 5.97 Å². The standard InChI is InChI=1S/C11H13N5O4/c1-2-8-6(3-12-11-13-5-14-16(8)11)9(18)15-7(4-17)10(19)20/h3,5,7,17H,2,4H2,1H3,(H,15,18)(H,19,20)/t7-/m0/s1. The highest BCUT2D eigenvalue weighted by molar-refractivity contribution is 5.97. The van der Waals surface area contributed by atoms with E-state index in [1.54, 1.807) is 0 Å². The van der Waals surface area contributed by atoms with Crippen LogP contribution in [0.5, 0.6) is 0 Å². The van der Waals surface area contributed by atoms with Crippen LogP contribution in [0.3, 0.4) is 0 Å². The van der Waals surface area contributed by atoms with Gasteiger partial charge in [0.1, 0.15) is 6.33 Å². The van der Waals surface area contributed by atoms with E-state index in [-0.39, 0.29) is 5.56 Å². The highest BCUT2D eigenvalue weighted by atomic mass is 16.4. The first-order chi connectivity index (χ1) is 9.58. The summed E-state index contributed by atoms with van der Waals surface area (Å²) in [5, 5.41) is 23.9. The van der Waals surface area contributed by atoms with Crippen LogP contribution in [0.4, 0.5) is 0 Å². The number of hydrogen-bond acceptors (Lipinski definition) is 6. The lowest BCUT2D eigenvalue weighted by molar-refractivity contribution is -0.140. The Labute approximate surface area is 113 Å². The molecule has 0 saturated carbocycles. The summed E-state index contributed by atoms with van der Waals surface area (Å²) in [4.78, 5) is 30.8. The van der Waals surface area contributed by atoms with Crippen LogP contribution in [0.2, 0.25) is 0 Å². The van der Waals surface area contributed by atoms with Crippen LogP contribution in [-0.4, -0.2) is 54.3 Å². The van der Waals surface area contributed by atoms with Crippen LogP contribution in [0.15, 0.2) is 12.5 Å². The number of carbonyl (C=O) groups is 2. The van der Waals surface area contributed by atoms with E-state index in [1.165, 1.54) is 17.0 Å². The third-order valence-electron chi connectivity index (χ3n) is 2.77. The maximum Gasteiger partial charge on any atom is 0.328 e. The van der Waals surface area contributed by atoms with Crippen LogP contribution in [0.1, 0.15) is 23.0 Å². The first kappa shape index (κ1) is 13.9. The number of fused-ring (bicyclic) bond motifs is 1. The van der Waals surface area contributed by atoms with Crippen LogP contribution in [0, 0.1) is 0 Å². The lowest BCUT2D eigenvalue weighted by atomic mass is 10.1. The number of carbonyl (C=O) groups excluding carboxylic acids is 1. The van der Waals surface area contributed by atoms with E-state index in [0.29, 0.717) is 17.9 Å². The molecule has 0 aliphatic rings. The number of aliphatic hydroxyl groups is 1. The number of nitrogens with one attached hydrogen (secondary N) is 1. The molecule has 0 unspecified atom stereocenters. The molecule has 0 radical (unpaired) electrons. The highest BCUT2D eigenvalue weighted by Crippen LogP contribution is 2.10. The van der Waals surface area contributed by atoms with E-state index in [2.05, 4.69) is 20.4 Å². The van der Waals surface area contributed by atoms with Gasteiger partial charge in [-0.15, -0.1) is 0 Å². The molecule has 9 nitrogen and oxygen atoms in total. The molecule has 2 heterocycles. The molecular formula is C11H13N5O4. The van der Waals surface area contributed by atoms with E-state index < -0.39 is 24.5 Å². The summed E-state index contributed by atoms with van der Waals surface area (Å²) in [6, 6.07) is -1.36. The van der Waals surface area contributed by atoms with Crippen molar-refractivity contribution in [2.24, 2.45) is 0 Å². The van der Waals surface area contributed by atoms with Crippen LogP contribution >= 0.6 is 0 Å². The number of aromatic nitrogens is 4. The summed E-state index contributed by atoms with van der Waals surface area (Å²) in [5.74, 6) is -1.59. The van der Waals surface area contributed by atoms with Crippen molar-refractivity contribution in [3.8, 4) is 0 Å². The summed E-state index contributed by atoms with van der Waals surface area (Å²) in [5.41, 5.74) is 0.761. The summed E-state index contributed by atoms with van der Waals surface area (Å²) >= 11 is 0. The molecule has 0 bridgehead atoms. The Kier molecular flexibility index (Phi) is 3.89. The van der Waals surface area contributed by atoms with Crippen LogP contribution < -0.4 is 5.32 Å². The molecule has 0 aromatic carbocycles. The number of carboxylic acid groups (broad SMARTS) is 1. The molecule has 3 N–H and O–H groups in total. The van der Waals surface area contributed by atoms with Crippen molar-refractivity contribution in [3.05, 3.63) is 23.8 Å². The largest absolute Gasteiger partial charge is 0.480 e. The molecule has 0 fully saturated rings. The predicted molar refractivity (Wildman–Crippen MR) is 66.1 cm³/mol. The van der Waals surface area contributed by atoms with Crippen molar-refractivity contribution in [2.75, 3.05) is 6.61 Å². The minimum absolute atomic E-state index is 0.199. The molecule has 9 heteroatoms. The van der Waals surface area contributed by atoms with Crippen molar-refractivity contribution >= 4 is 17.7 Å². The Morgan fingerprint density at radius 1 is 1.45 bits per heavy atom. The van der Waals surface area contributed by atoms with E-state index >= 15 is 0 Å². The Balaban J connectivity index is 2.36. The van der Waals surface area contributed by atoms with E-state index in [4.69, 9.17) is 10.2 Å². The number of rotatable bonds is 5. The Morgan fingerprint density at radius 2 is 2.20 bits per heavy atom. The van der Waals surface area contributed by atoms with Gasteiger partial charge in [-0.1, -0.05) is 6.92 Å². The lowest BCUT2D eigenvalue weighted by Gasteiger charge is -2.13. The van der Waals surface area contributed by atoms with Crippen molar-refractivity contribution in [1.82, 2.24) is 24.9 Å². The lowest BCUT2D eigenvalue weighted by Crippen LogP contribution is -2.43. The fourth-order valence-electron chi connectivity index (χ4n) is 1.78. The first-order valence-corrected chi connectivity index (χ1v) is 5.90. The predicted octanol–water partition coefficient (Wildman–Crippen LogP) is -1.14. The van der Waals surface area contributed by atoms with E-state index in [1.807, 2.05) is 6.92 Å². The van der Waals surface area contributed by atoms with Gasteiger partial charge in [0.2, 0.25) is 0 Å². The first-order valence-electron chi connectivity index (χ1n) is 5.90. The summed E-state index contributed by atoms with van der Waals surface area (Å²) in [6.45, 7) is 1.13. The second-order valence-corrected chi connectivity index (χ2v) is 3.99. The quantitative estimate of drug-likeness (QED) is 0.630.